The fraction of sp³-hybridized carbons (Fsp3) is 0.0323. The molecule has 8 heteroatoms. The molecular formula is C31H22FN3O3S. The van der Waals surface area contributed by atoms with Gasteiger partial charge in [0.1, 0.15) is 34.8 Å². The summed E-state index contributed by atoms with van der Waals surface area (Å²) in [5, 5.41) is 14.6. The number of halogens is 1. The highest BCUT2D eigenvalue weighted by Gasteiger charge is 2.22. The maximum atomic E-state index is 13.2. The minimum absolute atomic E-state index is 0.0333. The smallest absolute Gasteiger partial charge is 0.216 e. The van der Waals surface area contributed by atoms with Crippen molar-refractivity contribution in [3.05, 3.63) is 137 Å². The van der Waals surface area contributed by atoms with E-state index < -0.39 is 14.7 Å². The molecule has 5 aromatic rings. The lowest BCUT2D eigenvalue weighted by Gasteiger charge is -2.08. The molecule has 1 aromatic heterocycles. The third-order valence-corrected chi connectivity index (χ3v) is 7.61. The van der Waals surface area contributed by atoms with Crippen LogP contribution in [0.1, 0.15) is 11.1 Å². The Kier molecular flexibility index (Phi) is 7.34. The molecule has 6 nitrogen and oxygen atoms in total. The van der Waals surface area contributed by atoms with Crippen LogP contribution in [0.25, 0.3) is 23.0 Å². The van der Waals surface area contributed by atoms with E-state index >= 15 is 0 Å². The van der Waals surface area contributed by atoms with Crippen LogP contribution >= 0.6 is 0 Å². The van der Waals surface area contributed by atoms with E-state index in [1.807, 2.05) is 42.5 Å². The van der Waals surface area contributed by atoms with Gasteiger partial charge in [0.25, 0.3) is 0 Å². The summed E-state index contributed by atoms with van der Waals surface area (Å²) in [4.78, 5) is -0.364. The number of allylic oxidation sites excluding steroid dienone is 1. The summed E-state index contributed by atoms with van der Waals surface area (Å²) >= 11 is 0. The maximum Gasteiger partial charge on any atom is 0.216 e. The molecule has 5 rings (SSSR count). The number of sulfone groups is 1. The Bertz CT molecular complexity index is 1770. The van der Waals surface area contributed by atoms with Gasteiger partial charge in [0.15, 0.2) is 0 Å². The summed E-state index contributed by atoms with van der Waals surface area (Å²) in [7, 11) is -4.04. The van der Waals surface area contributed by atoms with E-state index in [9.17, 15) is 18.1 Å². The summed E-state index contributed by atoms with van der Waals surface area (Å²) in [5.74, 6) is 0.236. The van der Waals surface area contributed by atoms with Crippen molar-refractivity contribution in [1.29, 1.82) is 5.26 Å². The number of aromatic nitrogens is 2. The van der Waals surface area contributed by atoms with Gasteiger partial charge in [-0.1, -0.05) is 60.7 Å². The van der Waals surface area contributed by atoms with Gasteiger partial charge in [0.05, 0.1) is 10.6 Å². The van der Waals surface area contributed by atoms with Gasteiger partial charge in [-0.25, -0.2) is 17.5 Å². The molecule has 0 fully saturated rings. The largest absolute Gasteiger partial charge is 0.489 e. The number of rotatable bonds is 8. The van der Waals surface area contributed by atoms with E-state index in [4.69, 9.17) is 9.84 Å². The van der Waals surface area contributed by atoms with Crippen LogP contribution in [0.5, 0.6) is 5.75 Å². The van der Waals surface area contributed by atoms with Gasteiger partial charge in [-0.2, -0.15) is 10.4 Å². The Hall–Kier alpha value is -5.00. The third kappa shape index (κ3) is 5.79. The molecule has 0 amide bonds. The molecule has 0 aliphatic heterocycles. The van der Waals surface area contributed by atoms with E-state index in [-0.39, 0.29) is 17.3 Å². The molecule has 0 unspecified atom stereocenters. The van der Waals surface area contributed by atoms with Crippen LogP contribution in [0, 0.1) is 17.1 Å². The first-order chi connectivity index (χ1) is 18.9. The van der Waals surface area contributed by atoms with Crippen molar-refractivity contribution >= 4 is 15.9 Å². The second-order valence-electron chi connectivity index (χ2n) is 8.59. The number of nitriles is 1. The quantitative estimate of drug-likeness (QED) is 0.209. The summed E-state index contributed by atoms with van der Waals surface area (Å²) in [6.07, 6.45) is 3.03. The Labute approximate surface area is 225 Å². The molecule has 0 aliphatic carbocycles. The molecular weight excluding hydrogens is 513 g/mol. The van der Waals surface area contributed by atoms with Gasteiger partial charge in [-0.05, 0) is 60.2 Å². The highest BCUT2D eigenvalue weighted by Crippen LogP contribution is 2.30. The van der Waals surface area contributed by atoms with Crippen molar-refractivity contribution in [3.8, 4) is 28.8 Å². The molecule has 0 N–H and O–H groups in total. The third-order valence-electron chi connectivity index (χ3n) is 5.93. The van der Waals surface area contributed by atoms with Gasteiger partial charge in [-0.15, -0.1) is 0 Å². The number of hydrogen-bond donors (Lipinski definition) is 0. The Balaban J connectivity index is 1.55. The van der Waals surface area contributed by atoms with Crippen LogP contribution in [-0.2, 0) is 16.4 Å². The normalized spacial score (nSPS) is 11.6. The number of hydrogen-bond acceptors (Lipinski definition) is 5. The van der Waals surface area contributed by atoms with Crippen LogP contribution in [0.3, 0.4) is 0 Å². The van der Waals surface area contributed by atoms with Crippen molar-refractivity contribution in [2.24, 2.45) is 0 Å². The van der Waals surface area contributed by atoms with Crippen LogP contribution < -0.4 is 4.74 Å². The minimum Gasteiger partial charge on any atom is -0.489 e. The zero-order valence-electron chi connectivity index (χ0n) is 20.6. The lowest BCUT2D eigenvalue weighted by atomic mass is 10.1. The van der Waals surface area contributed by atoms with Gasteiger partial charge >= 0.3 is 0 Å². The number of para-hydroxylation sites is 1. The van der Waals surface area contributed by atoms with Crippen LogP contribution in [-0.4, -0.2) is 18.2 Å². The Morgan fingerprint density at radius 2 is 1.62 bits per heavy atom. The molecule has 0 saturated heterocycles. The van der Waals surface area contributed by atoms with Crippen molar-refractivity contribution in [1.82, 2.24) is 9.78 Å². The van der Waals surface area contributed by atoms with E-state index in [0.29, 0.717) is 22.6 Å². The second-order valence-corrected chi connectivity index (χ2v) is 10.5. The van der Waals surface area contributed by atoms with Crippen molar-refractivity contribution < 1.29 is 17.5 Å². The molecule has 192 valence electrons. The number of benzene rings is 4. The Morgan fingerprint density at radius 3 is 2.31 bits per heavy atom. The molecule has 0 saturated carbocycles. The monoisotopic (exact) mass is 535 g/mol. The lowest BCUT2D eigenvalue weighted by Crippen LogP contribution is -2.03. The van der Waals surface area contributed by atoms with Crippen LogP contribution in [0.15, 0.2) is 125 Å². The van der Waals surface area contributed by atoms with Crippen molar-refractivity contribution in [2.45, 2.75) is 11.5 Å². The average molecular weight is 536 g/mol. The second kappa shape index (κ2) is 11.2. The van der Waals surface area contributed by atoms with Gasteiger partial charge in [0.2, 0.25) is 9.84 Å². The maximum absolute atomic E-state index is 13.2. The predicted octanol–water partition coefficient (Wildman–Crippen LogP) is 6.60. The number of nitrogens with zero attached hydrogens (tertiary/aromatic N) is 3. The standard InChI is InChI=1S/C31H22FN3O3S/c32-26-16-14-23(15-17-26)22-38-28-11-7-8-24(18-28)31-25(21-35(34-31)27-9-3-1-4-10-27)19-30(20-33)39(36,37)29-12-5-2-6-13-29/h1-19,21H,22H2. The first kappa shape index (κ1) is 25.6. The van der Waals surface area contributed by atoms with Gasteiger partial charge in [-0.3, -0.25) is 0 Å². The molecule has 1 heterocycles. The fourth-order valence-electron chi connectivity index (χ4n) is 3.95. The zero-order chi connectivity index (χ0) is 27.2. The van der Waals surface area contributed by atoms with Crippen molar-refractivity contribution in [3.63, 3.8) is 0 Å². The molecule has 0 spiro atoms. The summed E-state index contributed by atoms with van der Waals surface area (Å²) in [6, 6.07) is 32.3. The van der Waals surface area contributed by atoms with Gasteiger partial charge in [0, 0.05) is 17.3 Å². The minimum atomic E-state index is -4.04. The van der Waals surface area contributed by atoms with Crippen molar-refractivity contribution in [2.75, 3.05) is 0 Å². The molecule has 0 bridgehead atoms. The first-order valence-corrected chi connectivity index (χ1v) is 13.5. The molecule has 0 aliphatic rings. The summed E-state index contributed by atoms with van der Waals surface area (Å²) in [6.45, 7) is 0.239. The molecule has 0 atom stereocenters. The van der Waals surface area contributed by atoms with E-state index in [2.05, 4.69) is 0 Å². The highest BCUT2D eigenvalue weighted by atomic mass is 32.2. The average Bonchev–Trinajstić information content (AvgIpc) is 3.40. The van der Waals surface area contributed by atoms with Crippen LogP contribution in [0.2, 0.25) is 0 Å². The SMILES string of the molecule is N#CC(=Cc1cn(-c2ccccc2)nc1-c1cccc(OCc2ccc(F)cc2)c1)S(=O)(=O)c1ccccc1. The topological polar surface area (TPSA) is 85.0 Å². The molecule has 0 radical (unpaired) electrons. The fourth-order valence-corrected chi connectivity index (χ4v) is 5.12. The van der Waals surface area contributed by atoms with Gasteiger partial charge < -0.3 is 4.74 Å². The van der Waals surface area contributed by atoms with Crippen LogP contribution in [0.4, 0.5) is 4.39 Å². The highest BCUT2D eigenvalue weighted by molar-refractivity contribution is 7.95. The first-order valence-electron chi connectivity index (χ1n) is 12.0. The van der Waals surface area contributed by atoms with E-state index in [1.165, 1.54) is 30.3 Å². The van der Waals surface area contributed by atoms with E-state index in [1.54, 1.807) is 59.4 Å². The number of ether oxygens (including phenoxy) is 1. The summed E-state index contributed by atoms with van der Waals surface area (Å²) < 4.78 is 47.2. The molecule has 39 heavy (non-hydrogen) atoms. The lowest BCUT2D eigenvalue weighted by molar-refractivity contribution is 0.306. The predicted molar refractivity (Wildman–Crippen MR) is 147 cm³/mol. The zero-order valence-corrected chi connectivity index (χ0v) is 21.4. The Morgan fingerprint density at radius 1 is 0.923 bits per heavy atom. The van der Waals surface area contributed by atoms with E-state index in [0.717, 1.165) is 11.3 Å². The molecule has 4 aromatic carbocycles. The summed E-state index contributed by atoms with van der Waals surface area (Å²) in [5.41, 5.74) is 3.17.